The van der Waals surface area contributed by atoms with E-state index in [4.69, 9.17) is 4.74 Å². The molecular formula is C19H24N2O3. The second-order valence-electron chi connectivity index (χ2n) is 6.55. The topological polar surface area (TPSA) is 67.8 Å². The average Bonchev–Trinajstić information content (AvgIpc) is 2.62. The fourth-order valence-electron chi connectivity index (χ4n) is 3.46. The van der Waals surface area contributed by atoms with Gasteiger partial charge in [0, 0.05) is 30.0 Å². The van der Waals surface area contributed by atoms with Crippen molar-refractivity contribution in [1.82, 2.24) is 5.32 Å². The van der Waals surface area contributed by atoms with Gasteiger partial charge in [0.1, 0.15) is 5.76 Å². The van der Waals surface area contributed by atoms with E-state index in [1.165, 1.54) is 6.42 Å². The van der Waals surface area contributed by atoms with Gasteiger partial charge < -0.3 is 10.1 Å². The highest BCUT2D eigenvalue weighted by atomic mass is 16.5. The fourth-order valence-corrected chi connectivity index (χ4v) is 3.46. The van der Waals surface area contributed by atoms with Crippen LogP contribution in [0.3, 0.4) is 0 Å². The van der Waals surface area contributed by atoms with E-state index in [1.54, 1.807) is 13.2 Å². The summed E-state index contributed by atoms with van der Waals surface area (Å²) in [6, 6.07) is 0. The van der Waals surface area contributed by atoms with Gasteiger partial charge in [0.15, 0.2) is 0 Å². The van der Waals surface area contributed by atoms with Gasteiger partial charge in [-0.15, -0.1) is 0 Å². The molecule has 3 aliphatic rings. The van der Waals surface area contributed by atoms with Crippen molar-refractivity contribution in [3.63, 3.8) is 0 Å². The maximum Gasteiger partial charge on any atom is 0.272 e. The largest absolute Gasteiger partial charge is 0.497 e. The lowest BCUT2D eigenvalue weighted by Gasteiger charge is -2.22. The lowest BCUT2D eigenvalue weighted by atomic mass is 9.88. The molecule has 2 aliphatic carbocycles. The lowest BCUT2D eigenvalue weighted by molar-refractivity contribution is -0.126. The quantitative estimate of drug-likeness (QED) is 0.844. The number of ether oxygens (including phenoxy) is 1. The average molecular weight is 328 g/mol. The van der Waals surface area contributed by atoms with E-state index in [0.29, 0.717) is 30.0 Å². The van der Waals surface area contributed by atoms with Crippen molar-refractivity contribution in [3.8, 4) is 0 Å². The first kappa shape index (κ1) is 16.7. The molecule has 1 saturated carbocycles. The van der Waals surface area contributed by atoms with Gasteiger partial charge in [-0.05, 0) is 25.3 Å². The molecule has 1 unspecified atom stereocenters. The first-order valence-electron chi connectivity index (χ1n) is 8.72. The van der Waals surface area contributed by atoms with E-state index in [1.807, 2.05) is 18.2 Å². The van der Waals surface area contributed by atoms with E-state index in [2.05, 4.69) is 10.3 Å². The van der Waals surface area contributed by atoms with Gasteiger partial charge in [0.25, 0.3) is 5.91 Å². The van der Waals surface area contributed by atoms with Crippen LogP contribution >= 0.6 is 0 Å². The Hall–Kier alpha value is -2.17. The second kappa shape index (κ2) is 7.60. The first-order valence-corrected chi connectivity index (χ1v) is 8.72. The smallest absolute Gasteiger partial charge is 0.272 e. The van der Waals surface area contributed by atoms with Crippen molar-refractivity contribution in [2.24, 2.45) is 16.8 Å². The summed E-state index contributed by atoms with van der Waals surface area (Å²) < 4.78 is 5.17. The van der Waals surface area contributed by atoms with Gasteiger partial charge >= 0.3 is 0 Å². The third-order valence-electron chi connectivity index (χ3n) is 4.89. The van der Waals surface area contributed by atoms with Crippen LogP contribution in [0.5, 0.6) is 0 Å². The maximum atomic E-state index is 12.2. The van der Waals surface area contributed by atoms with E-state index >= 15 is 0 Å². The number of carbonyl (C=O) groups excluding carboxylic acids is 2. The van der Waals surface area contributed by atoms with Crippen molar-refractivity contribution in [3.05, 3.63) is 35.6 Å². The van der Waals surface area contributed by atoms with Crippen LogP contribution in [-0.4, -0.2) is 31.2 Å². The molecule has 5 nitrogen and oxygen atoms in total. The van der Waals surface area contributed by atoms with E-state index in [9.17, 15) is 9.59 Å². The van der Waals surface area contributed by atoms with Crippen LogP contribution in [0.4, 0.5) is 0 Å². The minimum atomic E-state index is -0.213. The van der Waals surface area contributed by atoms with Crippen molar-refractivity contribution in [2.45, 2.75) is 38.5 Å². The third kappa shape index (κ3) is 3.83. The predicted octanol–water partition coefficient (Wildman–Crippen LogP) is 2.70. The molecule has 24 heavy (non-hydrogen) atoms. The monoisotopic (exact) mass is 328 g/mol. The zero-order valence-corrected chi connectivity index (χ0v) is 14.1. The van der Waals surface area contributed by atoms with E-state index < -0.39 is 0 Å². The Morgan fingerprint density at radius 3 is 2.88 bits per heavy atom. The molecule has 128 valence electrons. The number of nitrogens with zero attached hydrogens (tertiary/aromatic N) is 1. The summed E-state index contributed by atoms with van der Waals surface area (Å²) in [4.78, 5) is 28.5. The molecule has 0 saturated heterocycles. The molecule has 0 aromatic carbocycles. The van der Waals surface area contributed by atoms with Crippen molar-refractivity contribution in [1.29, 1.82) is 0 Å². The van der Waals surface area contributed by atoms with Crippen LogP contribution < -0.4 is 5.32 Å². The number of amides is 2. The molecule has 5 heteroatoms. The van der Waals surface area contributed by atoms with Gasteiger partial charge in [-0.2, -0.15) is 0 Å². The Kier molecular flexibility index (Phi) is 5.28. The van der Waals surface area contributed by atoms with E-state index in [-0.39, 0.29) is 23.7 Å². The predicted molar refractivity (Wildman–Crippen MR) is 92.4 cm³/mol. The highest BCUT2D eigenvalue weighted by molar-refractivity contribution is 6.13. The van der Waals surface area contributed by atoms with Crippen LogP contribution in [-0.2, 0) is 14.3 Å². The molecular weight excluding hydrogens is 304 g/mol. The molecule has 0 radical (unpaired) electrons. The molecule has 0 bridgehead atoms. The standard InChI is InChI=1S/C19H24N2O3/c1-24-16-8-7-14-11-15(19(23)21-17(14)12-16)9-10-20-18(22)13-5-3-2-4-6-13/h7-8,11-14H,2-6,9-10H2,1H3,(H,20,22). The molecule has 1 aliphatic heterocycles. The first-order chi connectivity index (χ1) is 11.7. The second-order valence-corrected chi connectivity index (χ2v) is 6.55. The molecule has 0 spiro atoms. The Labute approximate surface area is 142 Å². The molecule has 3 rings (SSSR count). The lowest BCUT2D eigenvalue weighted by Crippen LogP contribution is -2.33. The van der Waals surface area contributed by atoms with Crippen molar-refractivity contribution < 1.29 is 14.3 Å². The Morgan fingerprint density at radius 1 is 1.33 bits per heavy atom. The molecule has 1 atom stereocenters. The summed E-state index contributed by atoms with van der Waals surface area (Å²) in [6.45, 7) is 0.493. The van der Waals surface area contributed by atoms with Gasteiger partial charge in [-0.25, -0.2) is 4.99 Å². The summed E-state index contributed by atoms with van der Waals surface area (Å²) in [5.74, 6) is 0.793. The Bertz CT molecular complexity index is 637. The zero-order valence-electron chi connectivity index (χ0n) is 14.1. The number of carbonyl (C=O) groups is 2. The zero-order chi connectivity index (χ0) is 16.9. The summed E-state index contributed by atoms with van der Waals surface area (Å²) in [5, 5.41) is 2.98. The Morgan fingerprint density at radius 2 is 2.12 bits per heavy atom. The minimum Gasteiger partial charge on any atom is -0.497 e. The molecule has 2 amide bonds. The summed E-state index contributed by atoms with van der Waals surface area (Å²) in [5.41, 5.74) is 1.39. The number of hydrogen-bond donors (Lipinski definition) is 1. The number of rotatable bonds is 5. The fraction of sp³-hybridized carbons (Fsp3) is 0.526. The van der Waals surface area contributed by atoms with Gasteiger partial charge in [0.05, 0.1) is 12.8 Å². The third-order valence-corrected chi connectivity index (χ3v) is 4.89. The van der Waals surface area contributed by atoms with E-state index in [0.717, 1.165) is 25.7 Å². The molecule has 1 fully saturated rings. The number of nitrogens with one attached hydrogen (secondary N) is 1. The molecule has 1 heterocycles. The normalized spacial score (nSPS) is 23.8. The highest BCUT2D eigenvalue weighted by Crippen LogP contribution is 2.25. The van der Waals surface area contributed by atoms with Crippen LogP contribution in [0.25, 0.3) is 0 Å². The van der Waals surface area contributed by atoms with Crippen LogP contribution in [0.1, 0.15) is 38.5 Å². The van der Waals surface area contributed by atoms with Crippen LogP contribution in [0.15, 0.2) is 40.6 Å². The molecule has 0 aromatic heterocycles. The number of methoxy groups -OCH3 is 1. The summed E-state index contributed by atoms with van der Waals surface area (Å²) in [7, 11) is 1.60. The van der Waals surface area contributed by atoms with Gasteiger partial charge in [-0.3, -0.25) is 9.59 Å². The van der Waals surface area contributed by atoms with Crippen molar-refractivity contribution in [2.75, 3.05) is 13.7 Å². The van der Waals surface area contributed by atoms with Gasteiger partial charge in [-0.1, -0.05) is 31.4 Å². The number of aliphatic imine (C=N–C) groups is 1. The molecule has 1 N–H and O–H groups in total. The summed E-state index contributed by atoms with van der Waals surface area (Å²) >= 11 is 0. The van der Waals surface area contributed by atoms with Crippen LogP contribution in [0, 0.1) is 11.8 Å². The number of allylic oxidation sites excluding steroid dienone is 4. The Balaban J connectivity index is 1.52. The summed E-state index contributed by atoms with van der Waals surface area (Å²) in [6.07, 6.45) is 13.6. The van der Waals surface area contributed by atoms with Crippen molar-refractivity contribution >= 4 is 17.5 Å². The highest BCUT2D eigenvalue weighted by Gasteiger charge is 2.24. The number of dihydropyridines is 1. The minimum absolute atomic E-state index is 0.0191. The van der Waals surface area contributed by atoms with Crippen LogP contribution in [0.2, 0.25) is 0 Å². The molecule has 0 aromatic rings. The SMILES string of the molecule is COC1=CC2=NC(=O)C(CCNC(=O)C3CCCCC3)=CC2C=C1. The number of hydrogen-bond acceptors (Lipinski definition) is 3. The van der Waals surface area contributed by atoms with Gasteiger partial charge in [0.2, 0.25) is 5.91 Å². The maximum absolute atomic E-state index is 12.2. The number of fused-ring (bicyclic) bond motifs is 1.